The first kappa shape index (κ1) is 17.9. The van der Waals surface area contributed by atoms with Gasteiger partial charge in [0.05, 0.1) is 11.0 Å². The number of nitrogens with zero attached hydrogens (tertiary/aromatic N) is 2. The number of amides is 1. The molecule has 0 aliphatic carbocycles. The number of hydrogen-bond acceptors (Lipinski definition) is 4. The molecule has 6 heteroatoms. The topological polar surface area (TPSA) is 77.1 Å². The molecule has 0 saturated heterocycles. The number of imidazole rings is 1. The van der Waals surface area contributed by atoms with Crippen molar-refractivity contribution in [2.75, 3.05) is 5.32 Å². The molecule has 0 saturated carbocycles. The van der Waals surface area contributed by atoms with Crippen LogP contribution in [0, 0.1) is 6.92 Å². The zero-order chi connectivity index (χ0) is 20.7. The Morgan fingerprint density at radius 1 is 0.967 bits per heavy atom. The van der Waals surface area contributed by atoms with Crippen LogP contribution in [0.4, 0.5) is 5.69 Å². The van der Waals surface area contributed by atoms with E-state index in [0.717, 1.165) is 27.9 Å². The van der Waals surface area contributed by atoms with Crippen LogP contribution in [0.2, 0.25) is 0 Å². The van der Waals surface area contributed by atoms with Crippen LogP contribution in [0.25, 0.3) is 27.7 Å². The average Bonchev–Trinajstić information content (AvgIpc) is 3.09. The minimum absolute atomic E-state index is 0.236. The Balaban J connectivity index is 1.47. The number of rotatable bonds is 3. The highest BCUT2D eigenvalue weighted by Gasteiger charge is 2.13. The number of benzene rings is 3. The lowest BCUT2D eigenvalue weighted by Gasteiger charge is -2.08. The molecule has 0 atom stereocenters. The molecule has 146 valence electrons. The zero-order valence-corrected chi connectivity index (χ0v) is 16.1. The Labute approximate surface area is 171 Å². The predicted octanol–water partition coefficient (Wildman–Crippen LogP) is 4.69. The van der Waals surface area contributed by atoms with Gasteiger partial charge in [-0.3, -0.25) is 9.36 Å². The summed E-state index contributed by atoms with van der Waals surface area (Å²) in [5, 5.41) is 3.63. The SMILES string of the molecule is Cc1nc2cc(C(=O)Nc3ccc4oc(=O)ccc4c3)ccc2n1-c1ccccc1. The van der Waals surface area contributed by atoms with Crippen molar-refractivity contribution >= 4 is 33.6 Å². The number of aryl methyl sites for hydroxylation is 1. The molecular weight excluding hydrogens is 378 g/mol. The quantitative estimate of drug-likeness (QED) is 0.450. The lowest BCUT2D eigenvalue weighted by molar-refractivity contribution is 0.102. The number of fused-ring (bicyclic) bond motifs is 2. The van der Waals surface area contributed by atoms with E-state index >= 15 is 0 Å². The Morgan fingerprint density at radius 2 is 1.80 bits per heavy atom. The molecule has 3 aromatic carbocycles. The summed E-state index contributed by atoms with van der Waals surface area (Å²) in [7, 11) is 0. The lowest BCUT2D eigenvalue weighted by Crippen LogP contribution is -2.11. The summed E-state index contributed by atoms with van der Waals surface area (Å²) in [5.41, 5.74) is 3.92. The molecule has 2 heterocycles. The molecule has 0 aliphatic heterocycles. The maximum atomic E-state index is 12.8. The molecule has 1 amide bonds. The van der Waals surface area contributed by atoms with Gasteiger partial charge in [0, 0.05) is 28.4 Å². The van der Waals surface area contributed by atoms with Crippen LogP contribution >= 0.6 is 0 Å². The fourth-order valence-electron chi connectivity index (χ4n) is 3.60. The smallest absolute Gasteiger partial charge is 0.336 e. The number of carbonyl (C=O) groups is 1. The predicted molar refractivity (Wildman–Crippen MR) is 116 cm³/mol. The van der Waals surface area contributed by atoms with Crippen molar-refractivity contribution in [1.29, 1.82) is 0 Å². The number of nitrogens with one attached hydrogen (secondary N) is 1. The number of para-hydroxylation sites is 1. The van der Waals surface area contributed by atoms with E-state index in [-0.39, 0.29) is 5.91 Å². The summed E-state index contributed by atoms with van der Waals surface area (Å²) in [4.78, 5) is 28.7. The fraction of sp³-hybridized carbons (Fsp3) is 0.0417. The van der Waals surface area contributed by atoms with E-state index in [0.29, 0.717) is 16.8 Å². The molecule has 0 aliphatic rings. The van der Waals surface area contributed by atoms with E-state index in [9.17, 15) is 9.59 Å². The van der Waals surface area contributed by atoms with E-state index in [1.165, 1.54) is 6.07 Å². The summed E-state index contributed by atoms with van der Waals surface area (Å²) < 4.78 is 7.19. The summed E-state index contributed by atoms with van der Waals surface area (Å²) in [6.45, 7) is 1.94. The molecule has 0 spiro atoms. The van der Waals surface area contributed by atoms with Crippen molar-refractivity contribution in [2.45, 2.75) is 6.92 Å². The van der Waals surface area contributed by atoms with E-state index in [2.05, 4.69) is 14.9 Å². The summed E-state index contributed by atoms with van der Waals surface area (Å²) >= 11 is 0. The molecule has 6 nitrogen and oxygen atoms in total. The van der Waals surface area contributed by atoms with Crippen LogP contribution in [0.1, 0.15) is 16.2 Å². The van der Waals surface area contributed by atoms with Gasteiger partial charge in [0.15, 0.2) is 0 Å². The molecule has 1 N–H and O–H groups in total. The normalized spacial score (nSPS) is 11.1. The highest BCUT2D eigenvalue weighted by atomic mass is 16.4. The van der Waals surface area contributed by atoms with Gasteiger partial charge in [0.1, 0.15) is 11.4 Å². The summed E-state index contributed by atoms with van der Waals surface area (Å²) in [6, 6.07) is 23.6. The first-order valence-corrected chi connectivity index (χ1v) is 9.48. The molecule has 5 rings (SSSR count). The average molecular weight is 395 g/mol. The number of carbonyl (C=O) groups excluding carboxylic acids is 1. The molecule has 2 aromatic heterocycles. The molecular formula is C24H17N3O3. The maximum absolute atomic E-state index is 12.8. The van der Waals surface area contributed by atoms with Gasteiger partial charge in [-0.1, -0.05) is 18.2 Å². The Morgan fingerprint density at radius 3 is 2.63 bits per heavy atom. The van der Waals surface area contributed by atoms with Gasteiger partial charge in [-0.25, -0.2) is 9.78 Å². The van der Waals surface area contributed by atoms with Crippen molar-refractivity contribution in [1.82, 2.24) is 9.55 Å². The van der Waals surface area contributed by atoms with Gasteiger partial charge in [-0.2, -0.15) is 0 Å². The second-order valence-electron chi connectivity index (χ2n) is 6.99. The third kappa shape index (κ3) is 3.14. The van der Waals surface area contributed by atoms with Gasteiger partial charge >= 0.3 is 5.63 Å². The molecule has 0 radical (unpaired) electrons. The van der Waals surface area contributed by atoms with Crippen LogP contribution < -0.4 is 10.9 Å². The van der Waals surface area contributed by atoms with E-state index < -0.39 is 5.63 Å². The summed E-state index contributed by atoms with van der Waals surface area (Å²) in [5.74, 6) is 0.616. The van der Waals surface area contributed by atoms with Crippen LogP contribution in [0.3, 0.4) is 0 Å². The van der Waals surface area contributed by atoms with Crippen molar-refractivity contribution in [2.24, 2.45) is 0 Å². The molecule has 0 unspecified atom stereocenters. The number of aromatic nitrogens is 2. The van der Waals surface area contributed by atoms with Crippen LogP contribution in [0.15, 0.2) is 88.1 Å². The first-order chi connectivity index (χ1) is 14.6. The largest absolute Gasteiger partial charge is 0.423 e. The second-order valence-corrected chi connectivity index (χ2v) is 6.99. The Bertz CT molecular complexity index is 1470. The molecule has 5 aromatic rings. The van der Waals surface area contributed by atoms with E-state index in [4.69, 9.17) is 4.42 Å². The highest BCUT2D eigenvalue weighted by molar-refractivity contribution is 6.06. The van der Waals surface area contributed by atoms with Crippen molar-refractivity contribution < 1.29 is 9.21 Å². The van der Waals surface area contributed by atoms with Gasteiger partial charge in [-0.05, 0) is 61.5 Å². The molecule has 30 heavy (non-hydrogen) atoms. The van der Waals surface area contributed by atoms with Gasteiger partial charge in [-0.15, -0.1) is 0 Å². The minimum atomic E-state index is -0.405. The zero-order valence-electron chi connectivity index (χ0n) is 16.1. The van der Waals surface area contributed by atoms with Crippen molar-refractivity contribution in [3.63, 3.8) is 0 Å². The highest BCUT2D eigenvalue weighted by Crippen LogP contribution is 2.23. The fourth-order valence-corrected chi connectivity index (χ4v) is 3.60. The van der Waals surface area contributed by atoms with Gasteiger partial charge in [0.25, 0.3) is 5.91 Å². The maximum Gasteiger partial charge on any atom is 0.336 e. The lowest BCUT2D eigenvalue weighted by atomic mass is 10.1. The van der Waals surface area contributed by atoms with E-state index in [1.807, 2.05) is 43.3 Å². The number of hydrogen-bond donors (Lipinski definition) is 1. The van der Waals surface area contributed by atoms with Crippen LogP contribution in [-0.4, -0.2) is 15.5 Å². The minimum Gasteiger partial charge on any atom is -0.423 e. The second kappa shape index (κ2) is 7.00. The van der Waals surface area contributed by atoms with Crippen LogP contribution in [-0.2, 0) is 0 Å². The summed E-state index contributed by atoms with van der Waals surface area (Å²) in [6.07, 6.45) is 0. The van der Waals surface area contributed by atoms with E-state index in [1.54, 1.807) is 36.4 Å². The van der Waals surface area contributed by atoms with Crippen molar-refractivity contribution in [3.8, 4) is 5.69 Å². The first-order valence-electron chi connectivity index (χ1n) is 9.48. The third-order valence-corrected chi connectivity index (χ3v) is 4.98. The van der Waals surface area contributed by atoms with Gasteiger partial charge in [0.2, 0.25) is 0 Å². The third-order valence-electron chi connectivity index (χ3n) is 4.98. The van der Waals surface area contributed by atoms with Gasteiger partial charge < -0.3 is 9.73 Å². The number of anilines is 1. The Hall–Kier alpha value is -4.19. The molecule has 0 fully saturated rings. The van der Waals surface area contributed by atoms with Crippen molar-refractivity contribution in [3.05, 3.63) is 101 Å². The van der Waals surface area contributed by atoms with Crippen LogP contribution in [0.5, 0.6) is 0 Å². The monoisotopic (exact) mass is 395 g/mol. The standard InChI is InChI=1S/C24H17N3O3/c1-15-25-20-14-17(7-10-21(20)27(15)19-5-3-2-4-6-19)24(29)26-18-9-11-22-16(13-18)8-12-23(28)30-22/h2-14H,1H3,(H,26,29). The molecule has 0 bridgehead atoms. The Kier molecular flexibility index (Phi) is 4.17.